The first-order chi connectivity index (χ1) is 15.7. The highest BCUT2D eigenvalue weighted by Crippen LogP contribution is 2.30. The van der Waals surface area contributed by atoms with Gasteiger partial charge in [0.25, 0.3) is 15.9 Å². The number of carbonyl (C=O) groups is 1. The van der Waals surface area contributed by atoms with Crippen molar-refractivity contribution in [1.82, 2.24) is 5.32 Å². The third-order valence-electron chi connectivity index (χ3n) is 5.59. The zero-order valence-corrected chi connectivity index (χ0v) is 20.2. The minimum absolute atomic E-state index is 0.0636. The van der Waals surface area contributed by atoms with Crippen LogP contribution in [0.25, 0.3) is 0 Å². The van der Waals surface area contributed by atoms with Gasteiger partial charge in [-0.1, -0.05) is 56.3 Å². The number of amides is 1. The largest absolute Gasteiger partial charge is 0.497 e. The number of nitrogens with one attached hydrogen (secondary N) is 1. The van der Waals surface area contributed by atoms with Gasteiger partial charge in [-0.15, -0.1) is 0 Å². The molecule has 0 radical (unpaired) electrons. The highest BCUT2D eigenvalue weighted by molar-refractivity contribution is 7.92. The number of nitrogens with zero attached hydrogens (tertiary/aromatic N) is 1. The van der Waals surface area contributed by atoms with E-state index in [2.05, 4.69) is 5.32 Å². The van der Waals surface area contributed by atoms with Crippen molar-refractivity contribution in [2.45, 2.75) is 38.3 Å². The number of anilines is 1. The second-order valence-corrected chi connectivity index (χ2v) is 10.1. The summed E-state index contributed by atoms with van der Waals surface area (Å²) in [4.78, 5) is 13.3. The molecule has 0 aromatic heterocycles. The van der Waals surface area contributed by atoms with Gasteiger partial charge in [0.15, 0.2) is 0 Å². The molecule has 0 unspecified atom stereocenters. The van der Waals surface area contributed by atoms with Crippen molar-refractivity contribution in [1.29, 1.82) is 0 Å². The lowest BCUT2D eigenvalue weighted by Crippen LogP contribution is -2.38. The van der Waals surface area contributed by atoms with Crippen LogP contribution in [0.5, 0.6) is 5.75 Å². The Morgan fingerprint density at radius 3 is 2.12 bits per heavy atom. The zero-order valence-electron chi connectivity index (χ0n) is 19.4. The van der Waals surface area contributed by atoms with Crippen molar-refractivity contribution in [2.24, 2.45) is 5.92 Å². The summed E-state index contributed by atoms with van der Waals surface area (Å²) in [6.07, 6.45) is 0. The van der Waals surface area contributed by atoms with Gasteiger partial charge in [0.05, 0.1) is 29.8 Å². The summed E-state index contributed by atoms with van der Waals surface area (Å²) in [5.74, 6) is 0.491. The van der Waals surface area contributed by atoms with Crippen molar-refractivity contribution in [3.05, 3.63) is 90.0 Å². The lowest BCUT2D eigenvalue weighted by molar-refractivity contribution is 0.0931. The molecule has 7 heteroatoms. The smallest absolute Gasteiger partial charge is 0.264 e. The van der Waals surface area contributed by atoms with Crippen molar-refractivity contribution in [3.63, 3.8) is 0 Å². The Morgan fingerprint density at radius 1 is 0.909 bits per heavy atom. The van der Waals surface area contributed by atoms with Crippen LogP contribution in [-0.4, -0.2) is 27.5 Å². The van der Waals surface area contributed by atoms with Gasteiger partial charge in [0.2, 0.25) is 0 Å². The van der Waals surface area contributed by atoms with E-state index in [0.29, 0.717) is 17.0 Å². The van der Waals surface area contributed by atoms with E-state index in [1.807, 2.05) is 51.1 Å². The Hall–Kier alpha value is -3.32. The molecular weight excluding hydrogens is 436 g/mol. The molecule has 174 valence electrons. The summed E-state index contributed by atoms with van der Waals surface area (Å²) in [6, 6.07) is 22.3. The lowest BCUT2D eigenvalue weighted by Gasteiger charge is -2.27. The van der Waals surface area contributed by atoms with Crippen LogP contribution >= 0.6 is 0 Å². The summed E-state index contributed by atoms with van der Waals surface area (Å²) in [7, 11) is -2.45. The number of methoxy groups -OCH3 is 1. The fourth-order valence-electron chi connectivity index (χ4n) is 3.26. The van der Waals surface area contributed by atoms with E-state index in [4.69, 9.17) is 4.74 Å². The Balaban J connectivity index is 2.10. The molecule has 6 nitrogen and oxygen atoms in total. The van der Waals surface area contributed by atoms with Crippen molar-refractivity contribution >= 4 is 21.6 Å². The Labute approximate surface area is 196 Å². The van der Waals surface area contributed by atoms with E-state index in [0.717, 1.165) is 5.56 Å². The molecule has 1 N–H and O–H groups in total. The topological polar surface area (TPSA) is 75.7 Å². The van der Waals surface area contributed by atoms with Gasteiger partial charge in [0, 0.05) is 6.04 Å². The lowest BCUT2D eigenvalue weighted by atomic mass is 10.1. The van der Waals surface area contributed by atoms with E-state index in [-0.39, 0.29) is 29.3 Å². The molecule has 33 heavy (non-hydrogen) atoms. The minimum atomic E-state index is -3.98. The van der Waals surface area contributed by atoms with E-state index in [1.165, 1.54) is 23.5 Å². The molecule has 0 spiro atoms. The van der Waals surface area contributed by atoms with Crippen LogP contribution in [0.2, 0.25) is 0 Å². The van der Waals surface area contributed by atoms with E-state index < -0.39 is 10.0 Å². The second-order valence-electron chi connectivity index (χ2n) is 8.20. The van der Waals surface area contributed by atoms with Gasteiger partial charge in [-0.3, -0.25) is 9.10 Å². The number of sulfonamides is 1. The monoisotopic (exact) mass is 466 g/mol. The Morgan fingerprint density at radius 2 is 1.52 bits per heavy atom. The van der Waals surface area contributed by atoms with Crippen LogP contribution in [0.1, 0.15) is 36.7 Å². The first kappa shape index (κ1) is 24.3. The van der Waals surface area contributed by atoms with Crippen molar-refractivity contribution in [2.75, 3.05) is 11.4 Å². The van der Waals surface area contributed by atoms with Gasteiger partial charge < -0.3 is 10.1 Å². The molecule has 0 aliphatic heterocycles. The number of para-hydroxylation sites is 1. The maximum atomic E-state index is 13.8. The maximum Gasteiger partial charge on any atom is 0.264 e. The highest BCUT2D eigenvalue weighted by atomic mass is 32.2. The summed E-state index contributed by atoms with van der Waals surface area (Å²) < 4.78 is 34.0. The highest BCUT2D eigenvalue weighted by Gasteiger charge is 2.29. The number of carbonyl (C=O) groups excluding carboxylic acids is 1. The van der Waals surface area contributed by atoms with Gasteiger partial charge in [-0.25, -0.2) is 8.42 Å². The first-order valence-electron chi connectivity index (χ1n) is 10.8. The number of ether oxygens (including phenoxy) is 1. The van der Waals surface area contributed by atoms with Crippen LogP contribution in [-0.2, 0) is 16.6 Å². The molecule has 0 fully saturated rings. The SMILES string of the molecule is COc1ccc(S(=O)(=O)N(Cc2ccccc2)c2ccccc2C(=O)N[C@@H](C)C(C)C)cc1. The maximum absolute atomic E-state index is 13.8. The Bertz CT molecular complexity index is 1180. The molecule has 3 aromatic carbocycles. The summed E-state index contributed by atoms with van der Waals surface area (Å²) >= 11 is 0. The van der Waals surface area contributed by atoms with E-state index in [9.17, 15) is 13.2 Å². The molecule has 3 aromatic rings. The third-order valence-corrected chi connectivity index (χ3v) is 7.37. The summed E-state index contributed by atoms with van der Waals surface area (Å²) in [5, 5.41) is 2.98. The predicted octanol–water partition coefficient (Wildman–Crippen LogP) is 4.87. The zero-order chi connectivity index (χ0) is 24.0. The quantitative estimate of drug-likeness (QED) is 0.488. The Kier molecular flexibility index (Phi) is 7.76. The number of hydrogen-bond acceptors (Lipinski definition) is 4. The number of hydrogen-bond donors (Lipinski definition) is 1. The molecule has 0 aliphatic rings. The average molecular weight is 467 g/mol. The molecule has 1 amide bonds. The van der Waals surface area contributed by atoms with Gasteiger partial charge in [-0.2, -0.15) is 0 Å². The van der Waals surface area contributed by atoms with Crippen LogP contribution in [0, 0.1) is 5.92 Å². The minimum Gasteiger partial charge on any atom is -0.497 e. The van der Waals surface area contributed by atoms with Crippen LogP contribution in [0.3, 0.4) is 0 Å². The van der Waals surface area contributed by atoms with Crippen LogP contribution in [0.15, 0.2) is 83.8 Å². The van der Waals surface area contributed by atoms with Crippen LogP contribution < -0.4 is 14.4 Å². The molecular formula is C26H30N2O4S. The van der Waals surface area contributed by atoms with Crippen molar-refractivity contribution in [3.8, 4) is 5.75 Å². The van der Waals surface area contributed by atoms with Crippen LogP contribution in [0.4, 0.5) is 5.69 Å². The van der Waals surface area contributed by atoms with E-state index >= 15 is 0 Å². The van der Waals surface area contributed by atoms with Gasteiger partial charge in [0.1, 0.15) is 5.75 Å². The molecule has 1 atom stereocenters. The third kappa shape index (κ3) is 5.73. The standard InChI is InChI=1S/C26H30N2O4S/c1-19(2)20(3)27-26(29)24-12-8-9-13-25(24)28(18-21-10-6-5-7-11-21)33(30,31)23-16-14-22(32-4)15-17-23/h5-17,19-20H,18H2,1-4H3,(H,27,29)/t20-/m0/s1. The molecule has 0 saturated carbocycles. The predicted molar refractivity (Wildman–Crippen MR) is 131 cm³/mol. The van der Waals surface area contributed by atoms with Gasteiger partial charge >= 0.3 is 0 Å². The van der Waals surface area contributed by atoms with E-state index in [1.54, 1.807) is 36.4 Å². The molecule has 0 heterocycles. The normalized spacial score (nSPS) is 12.3. The molecule has 0 saturated heterocycles. The average Bonchev–Trinajstić information content (AvgIpc) is 2.83. The fourth-order valence-corrected chi connectivity index (χ4v) is 4.73. The molecule has 0 bridgehead atoms. The summed E-state index contributed by atoms with van der Waals surface area (Å²) in [6.45, 7) is 6.06. The summed E-state index contributed by atoms with van der Waals surface area (Å²) in [5.41, 5.74) is 1.43. The fraction of sp³-hybridized carbons (Fsp3) is 0.269. The van der Waals surface area contributed by atoms with Crippen molar-refractivity contribution < 1.29 is 17.9 Å². The first-order valence-corrected chi connectivity index (χ1v) is 12.3. The molecule has 0 aliphatic carbocycles. The molecule has 3 rings (SSSR count). The van der Waals surface area contributed by atoms with Gasteiger partial charge in [-0.05, 0) is 54.8 Å². The number of benzene rings is 3. The number of rotatable bonds is 9. The second kappa shape index (κ2) is 10.5.